The summed E-state index contributed by atoms with van der Waals surface area (Å²) in [5.41, 5.74) is 1.82. The van der Waals surface area contributed by atoms with E-state index in [9.17, 15) is 18.0 Å². The van der Waals surface area contributed by atoms with Crippen molar-refractivity contribution in [2.24, 2.45) is 0 Å². The number of sulfonamides is 1. The zero-order valence-corrected chi connectivity index (χ0v) is 24.1. The van der Waals surface area contributed by atoms with Crippen LogP contribution in [-0.2, 0) is 32.6 Å². The Morgan fingerprint density at radius 1 is 0.946 bits per heavy atom. The zero-order chi connectivity index (χ0) is 27.2. The van der Waals surface area contributed by atoms with Crippen LogP contribution >= 0.6 is 39.1 Å². The minimum Gasteiger partial charge on any atom is -0.357 e. The van der Waals surface area contributed by atoms with Crippen molar-refractivity contribution in [3.8, 4) is 0 Å². The number of hydrogen-bond acceptors (Lipinski definition) is 4. The Hall–Kier alpha value is -2.59. The van der Waals surface area contributed by atoms with E-state index in [0.717, 1.165) is 26.2 Å². The van der Waals surface area contributed by atoms with Gasteiger partial charge in [-0.2, -0.15) is 0 Å². The summed E-state index contributed by atoms with van der Waals surface area (Å²) in [6.45, 7) is -0.439. The van der Waals surface area contributed by atoms with Crippen LogP contribution in [0.5, 0.6) is 0 Å². The number of carbonyl (C=O) groups excluding carboxylic acids is 2. The third-order valence-electron chi connectivity index (χ3n) is 5.65. The lowest BCUT2D eigenvalue weighted by Crippen LogP contribution is -2.52. The molecule has 0 bridgehead atoms. The molecule has 0 aliphatic carbocycles. The Morgan fingerprint density at radius 3 is 2.16 bits per heavy atom. The fourth-order valence-corrected chi connectivity index (χ4v) is 5.16. The molecule has 0 aromatic heterocycles. The maximum Gasteiger partial charge on any atom is 0.244 e. The van der Waals surface area contributed by atoms with Crippen molar-refractivity contribution in [3.63, 3.8) is 0 Å². The van der Waals surface area contributed by atoms with E-state index >= 15 is 0 Å². The lowest BCUT2D eigenvalue weighted by Gasteiger charge is -2.33. The molecule has 1 atom stereocenters. The van der Waals surface area contributed by atoms with E-state index in [1.807, 2.05) is 54.6 Å². The number of halogens is 3. The van der Waals surface area contributed by atoms with Crippen molar-refractivity contribution in [2.75, 3.05) is 24.2 Å². The Balaban J connectivity index is 2.03. The van der Waals surface area contributed by atoms with Gasteiger partial charge in [0.25, 0.3) is 0 Å². The number of anilines is 1. The number of rotatable bonds is 10. The lowest BCUT2D eigenvalue weighted by atomic mass is 10.0. The number of carbonyl (C=O) groups is 2. The maximum atomic E-state index is 13.8. The van der Waals surface area contributed by atoms with Crippen LogP contribution in [0.2, 0.25) is 10.0 Å². The van der Waals surface area contributed by atoms with Gasteiger partial charge in [0.15, 0.2) is 0 Å². The van der Waals surface area contributed by atoms with E-state index in [4.69, 9.17) is 23.2 Å². The molecule has 3 aromatic rings. The molecule has 0 spiro atoms. The van der Waals surface area contributed by atoms with Crippen LogP contribution in [0.15, 0.2) is 77.3 Å². The highest BCUT2D eigenvalue weighted by Crippen LogP contribution is 2.29. The van der Waals surface area contributed by atoms with Gasteiger partial charge in [0.05, 0.1) is 22.0 Å². The largest absolute Gasteiger partial charge is 0.357 e. The number of nitrogens with zero attached hydrogens (tertiary/aromatic N) is 2. The standard InChI is InChI=1S/C26H26BrCl2N3O4S/c1-30-26(34)24(14-18-6-4-3-5-7-18)31(16-19-8-10-20(27)11-9-19)25(33)17-32(37(2,35)36)21-12-13-22(28)23(29)15-21/h3-13,15,24H,14,16-17H2,1-2H3,(H,30,34)/t24-/m1/s1. The molecule has 7 nitrogen and oxygen atoms in total. The summed E-state index contributed by atoms with van der Waals surface area (Å²) in [5.74, 6) is -0.918. The normalized spacial score (nSPS) is 12.0. The zero-order valence-electron chi connectivity index (χ0n) is 20.2. The van der Waals surface area contributed by atoms with Gasteiger partial charge >= 0.3 is 0 Å². The predicted molar refractivity (Wildman–Crippen MR) is 151 cm³/mol. The van der Waals surface area contributed by atoms with Gasteiger partial charge in [0.1, 0.15) is 12.6 Å². The van der Waals surface area contributed by atoms with Gasteiger partial charge in [-0.05, 0) is 41.5 Å². The van der Waals surface area contributed by atoms with E-state index in [0.29, 0.717) is 0 Å². The fourth-order valence-electron chi connectivity index (χ4n) is 3.76. The van der Waals surface area contributed by atoms with Gasteiger partial charge in [-0.15, -0.1) is 0 Å². The van der Waals surface area contributed by atoms with E-state index < -0.39 is 28.5 Å². The van der Waals surface area contributed by atoms with Crippen LogP contribution in [0.4, 0.5) is 5.69 Å². The summed E-state index contributed by atoms with van der Waals surface area (Å²) in [4.78, 5) is 28.3. The number of likely N-dealkylation sites (N-methyl/N-ethyl adjacent to an activating group) is 1. The first kappa shape index (κ1) is 29.0. The molecule has 0 aliphatic heterocycles. The van der Waals surface area contributed by atoms with Gasteiger partial charge < -0.3 is 10.2 Å². The third-order valence-corrected chi connectivity index (χ3v) is 8.06. The highest BCUT2D eigenvalue weighted by atomic mass is 79.9. The lowest BCUT2D eigenvalue weighted by molar-refractivity contribution is -0.139. The molecule has 3 rings (SSSR count). The second kappa shape index (κ2) is 12.8. The van der Waals surface area contributed by atoms with Gasteiger partial charge in [-0.3, -0.25) is 13.9 Å². The smallest absolute Gasteiger partial charge is 0.244 e. The molecule has 0 saturated carbocycles. The van der Waals surface area contributed by atoms with E-state index in [1.54, 1.807) is 0 Å². The molecule has 0 fully saturated rings. The second-order valence-corrected chi connectivity index (χ2v) is 12.0. The molecule has 37 heavy (non-hydrogen) atoms. The number of benzene rings is 3. The molecule has 196 valence electrons. The van der Waals surface area contributed by atoms with E-state index in [2.05, 4.69) is 21.2 Å². The van der Waals surface area contributed by atoms with Crippen LogP contribution in [0, 0.1) is 0 Å². The maximum absolute atomic E-state index is 13.8. The van der Waals surface area contributed by atoms with Crippen LogP contribution in [0.3, 0.4) is 0 Å². The van der Waals surface area contributed by atoms with Gasteiger partial charge in [-0.1, -0.05) is 81.6 Å². The Morgan fingerprint density at radius 2 is 1.59 bits per heavy atom. The first-order chi connectivity index (χ1) is 17.5. The average Bonchev–Trinajstić information content (AvgIpc) is 2.87. The molecular formula is C26H26BrCl2N3O4S. The molecule has 0 heterocycles. The van der Waals surface area contributed by atoms with Gasteiger partial charge in [0.2, 0.25) is 21.8 Å². The molecule has 2 amide bonds. The molecule has 0 radical (unpaired) electrons. The number of amides is 2. The molecule has 3 aromatic carbocycles. The summed E-state index contributed by atoms with van der Waals surface area (Å²) in [6, 6.07) is 20.1. The third kappa shape index (κ3) is 7.95. The first-order valence-electron chi connectivity index (χ1n) is 11.2. The minimum atomic E-state index is -3.89. The van der Waals surface area contributed by atoms with Crippen LogP contribution in [-0.4, -0.2) is 51.0 Å². The molecule has 1 N–H and O–H groups in total. The quantitative estimate of drug-likeness (QED) is 0.347. The van der Waals surface area contributed by atoms with Crippen molar-refractivity contribution >= 4 is 66.7 Å². The first-order valence-corrected chi connectivity index (χ1v) is 14.6. The van der Waals surface area contributed by atoms with Crippen LogP contribution in [0.1, 0.15) is 11.1 Å². The average molecular weight is 627 g/mol. The van der Waals surface area contributed by atoms with E-state index in [-0.39, 0.29) is 34.6 Å². The fraction of sp³-hybridized carbons (Fsp3) is 0.231. The van der Waals surface area contributed by atoms with E-state index in [1.165, 1.54) is 30.1 Å². The summed E-state index contributed by atoms with van der Waals surface area (Å²) >= 11 is 15.5. The van der Waals surface area contributed by atoms with Gasteiger partial charge in [0, 0.05) is 24.5 Å². The van der Waals surface area contributed by atoms with Gasteiger partial charge in [-0.25, -0.2) is 8.42 Å². The minimum absolute atomic E-state index is 0.0933. The van der Waals surface area contributed by atoms with Crippen molar-refractivity contribution < 1.29 is 18.0 Å². The Labute approximate surface area is 235 Å². The predicted octanol–water partition coefficient (Wildman–Crippen LogP) is 4.91. The monoisotopic (exact) mass is 625 g/mol. The summed E-state index contributed by atoms with van der Waals surface area (Å²) in [6.07, 6.45) is 1.25. The van der Waals surface area contributed by atoms with Crippen molar-refractivity contribution in [1.29, 1.82) is 0 Å². The van der Waals surface area contributed by atoms with Crippen molar-refractivity contribution in [3.05, 3.63) is 98.4 Å². The SMILES string of the molecule is CNC(=O)[C@@H](Cc1ccccc1)N(Cc1ccc(Br)cc1)C(=O)CN(c1ccc(Cl)c(Cl)c1)S(C)(=O)=O. The topological polar surface area (TPSA) is 86.8 Å². The van der Waals surface area contributed by atoms with Crippen molar-refractivity contribution in [1.82, 2.24) is 10.2 Å². The molecule has 0 aliphatic rings. The Kier molecular flexibility index (Phi) is 10.0. The summed E-state index contributed by atoms with van der Waals surface area (Å²) < 4.78 is 27.3. The molecule has 0 unspecified atom stereocenters. The Bertz CT molecular complexity index is 1360. The van der Waals surface area contributed by atoms with Crippen LogP contribution in [0.25, 0.3) is 0 Å². The second-order valence-electron chi connectivity index (χ2n) is 8.34. The molecular weight excluding hydrogens is 601 g/mol. The summed E-state index contributed by atoms with van der Waals surface area (Å²) in [7, 11) is -2.39. The number of hydrogen-bond donors (Lipinski definition) is 1. The van der Waals surface area contributed by atoms with Crippen molar-refractivity contribution in [2.45, 2.75) is 19.0 Å². The molecule has 0 saturated heterocycles. The molecule has 11 heteroatoms. The van der Waals surface area contributed by atoms with Crippen LogP contribution < -0.4 is 9.62 Å². The highest BCUT2D eigenvalue weighted by molar-refractivity contribution is 9.10. The number of nitrogens with one attached hydrogen (secondary N) is 1. The highest BCUT2D eigenvalue weighted by Gasteiger charge is 2.32. The summed E-state index contributed by atoms with van der Waals surface area (Å²) in [5, 5.41) is 3.05.